The normalized spacial score (nSPS) is 15.2. The van der Waals surface area contributed by atoms with Gasteiger partial charge in [-0.2, -0.15) is 0 Å². The molecule has 2 aliphatic rings. The fourth-order valence-electron chi connectivity index (χ4n) is 8.16. The summed E-state index contributed by atoms with van der Waals surface area (Å²) in [7, 11) is 0. The fraction of sp³-hybridized carbons (Fsp3) is 0.217. The predicted molar refractivity (Wildman–Crippen MR) is 231 cm³/mol. The van der Waals surface area contributed by atoms with E-state index in [1.165, 1.54) is 85.5 Å². The summed E-state index contributed by atoms with van der Waals surface area (Å²) in [6.07, 6.45) is 5.29. The largest absolute Gasteiger partial charge is 0.667 e. The maximum atomic E-state index is 3.58. The second kappa shape index (κ2) is 18.2. The minimum atomic E-state index is -0.336. The molecular formula is C46H50B2O2S2. The molecule has 8 rings (SSSR count). The molecule has 0 saturated carbocycles. The van der Waals surface area contributed by atoms with Gasteiger partial charge in [0.2, 0.25) is 0 Å². The Morgan fingerprint density at radius 1 is 0.308 bits per heavy atom. The molecule has 52 heavy (non-hydrogen) atoms. The summed E-state index contributed by atoms with van der Waals surface area (Å²) in [5.41, 5.74) is 8.20. The van der Waals surface area contributed by atoms with Crippen LogP contribution in [0.4, 0.5) is 0 Å². The quantitative estimate of drug-likeness (QED) is 0.0705. The van der Waals surface area contributed by atoms with Crippen LogP contribution in [0.25, 0.3) is 0 Å². The molecule has 2 aliphatic heterocycles. The number of hydrogen-bond acceptors (Lipinski definition) is 2. The zero-order chi connectivity index (χ0) is 35.3. The van der Waals surface area contributed by atoms with Crippen molar-refractivity contribution in [3.05, 3.63) is 215 Å². The van der Waals surface area contributed by atoms with Gasteiger partial charge in [0.25, 0.3) is 0 Å². The Kier molecular flexibility index (Phi) is 12.8. The van der Waals surface area contributed by atoms with Crippen LogP contribution in [0.1, 0.15) is 59.1 Å². The topological polar surface area (TPSA) is 5.40 Å². The van der Waals surface area contributed by atoms with Crippen LogP contribution in [-0.4, -0.2) is 39.9 Å². The Morgan fingerprint density at radius 3 is 0.692 bits per heavy atom. The van der Waals surface area contributed by atoms with Crippen LogP contribution in [0, 0.1) is 0 Å². The average molecular weight is 721 g/mol. The molecule has 0 spiro atoms. The van der Waals surface area contributed by atoms with E-state index in [0.29, 0.717) is 0 Å². The predicted octanol–water partition coefficient (Wildman–Crippen LogP) is 10.1. The molecule has 0 radical (unpaired) electrons. The van der Waals surface area contributed by atoms with E-state index in [-0.39, 0.29) is 23.0 Å². The van der Waals surface area contributed by atoms with E-state index in [2.05, 4.69) is 214 Å². The van der Waals surface area contributed by atoms with Gasteiger partial charge < -0.3 is 8.57 Å². The minimum absolute atomic E-state index is 0.153. The van der Waals surface area contributed by atoms with E-state index in [4.69, 9.17) is 0 Å². The first kappa shape index (κ1) is 36.4. The van der Waals surface area contributed by atoms with Crippen molar-refractivity contribution >= 4 is 36.7 Å². The molecule has 0 N–H and O–H groups in total. The smallest absolute Gasteiger partial charge is 0.325 e. The summed E-state index contributed by atoms with van der Waals surface area (Å²) in [4.78, 5) is 0. The molecular weight excluding hydrogens is 670 g/mol. The summed E-state index contributed by atoms with van der Waals surface area (Å²) in [5.74, 6) is 0. The van der Waals surface area contributed by atoms with Gasteiger partial charge in [0.1, 0.15) is 0 Å². The second-order valence-electron chi connectivity index (χ2n) is 14.1. The molecule has 0 bridgehead atoms. The SMILES string of the molecule is [BH2-](SC(c1ccccc1)(c1ccccc1)c1ccccc1)[O+]1CCCC1.[BH2-](SC(c1ccccc1)(c1ccccc1)c1ccccc1)[O+]1CCCC1. The molecule has 264 valence electrons. The lowest BCUT2D eigenvalue weighted by atomic mass is 9.84. The van der Waals surface area contributed by atoms with E-state index >= 15 is 0 Å². The summed E-state index contributed by atoms with van der Waals surface area (Å²) in [6.45, 7) is 4.11. The maximum Gasteiger partial charge on any atom is 0.325 e. The molecule has 6 heteroatoms. The highest BCUT2D eigenvalue weighted by molar-refractivity contribution is 8.23. The Bertz CT molecular complexity index is 1550. The molecule has 0 atom stereocenters. The standard InChI is InChI=1S/2C23H25BOS/c2*1-4-12-20(13-5-1)23(21-14-6-2-7-15-21,22-16-8-3-9-17-22)26-24-25-18-10-11-19-25/h2*1-9,12-17H,10-11,18-19,24H2. The third-order valence-electron chi connectivity index (χ3n) is 10.8. The Balaban J connectivity index is 0.000000162. The van der Waals surface area contributed by atoms with Crippen molar-refractivity contribution in [2.45, 2.75) is 35.2 Å². The zero-order valence-electron chi connectivity index (χ0n) is 30.6. The van der Waals surface area contributed by atoms with Crippen LogP contribution in [0.3, 0.4) is 0 Å². The van der Waals surface area contributed by atoms with Gasteiger partial charge in [0.05, 0.1) is 35.9 Å². The Hall–Kier alpha value is -3.93. The number of rotatable bonds is 12. The van der Waals surface area contributed by atoms with Crippen molar-refractivity contribution in [3.63, 3.8) is 0 Å². The Morgan fingerprint density at radius 2 is 0.500 bits per heavy atom. The van der Waals surface area contributed by atoms with E-state index in [9.17, 15) is 0 Å². The molecule has 0 aromatic heterocycles. The number of benzene rings is 6. The van der Waals surface area contributed by atoms with E-state index in [0.717, 1.165) is 0 Å². The van der Waals surface area contributed by atoms with Crippen molar-refractivity contribution in [1.29, 1.82) is 0 Å². The van der Waals surface area contributed by atoms with E-state index in [1.54, 1.807) is 0 Å². The third kappa shape index (κ3) is 8.32. The molecule has 2 saturated heterocycles. The molecule has 2 heterocycles. The summed E-state index contributed by atoms with van der Waals surface area (Å²) >= 11 is 4.28. The van der Waals surface area contributed by atoms with Gasteiger partial charge in [-0.05, 0) is 33.4 Å². The summed E-state index contributed by atoms with van der Waals surface area (Å²) in [5, 5.41) is 0. The molecule has 2 nitrogen and oxygen atoms in total. The highest BCUT2D eigenvalue weighted by Crippen LogP contribution is 2.50. The summed E-state index contributed by atoms with van der Waals surface area (Å²) < 4.78 is 6.86. The van der Waals surface area contributed by atoms with Gasteiger partial charge in [-0.1, -0.05) is 182 Å². The first-order chi connectivity index (χ1) is 25.8. The van der Waals surface area contributed by atoms with Crippen molar-refractivity contribution in [3.8, 4) is 0 Å². The van der Waals surface area contributed by atoms with Crippen LogP contribution >= 0.6 is 23.2 Å². The van der Waals surface area contributed by atoms with Crippen LogP contribution in [0.15, 0.2) is 182 Å². The Labute approximate surface area is 320 Å². The lowest BCUT2D eigenvalue weighted by Crippen LogP contribution is -2.29. The second-order valence-corrected chi connectivity index (χ2v) is 16.8. The van der Waals surface area contributed by atoms with E-state index < -0.39 is 0 Å². The lowest BCUT2D eigenvalue weighted by molar-refractivity contribution is 0.0693. The van der Waals surface area contributed by atoms with Gasteiger partial charge in [0.15, 0.2) is 0 Å². The number of hydrogen-bond donors (Lipinski definition) is 0. The molecule has 0 aliphatic carbocycles. The first-order valence-corrected chi connectivity index (χ1v) is 21.6. The molecule has 6 aromatic rings. The highest BCUT2D eigenvalue weighted by Gasteiger charge is 2.37. The van der Waals surface area contributed by atoms with Gasteiger partial charge in [-0.15, -0.1) is 0 Å². The first-order valence-electron chi connectivity index (χ1n) is 19.2. The van der Waals surface area contributed by atoms with Gasteiger partial charge in [-0.3, -0.25) is 23.2 Å². The summed E-state index contributed by atoms with van der Waals surface area (Å²) in [6, 6.07) is 66.1. The van der Waals surface area contributed by atoms with Crippen LogP contribution in [0.5, 0.6) is 0 Å². The average Bonchev–Trinajstić information content (AvgIpc) is 3.97. The van der Waals surface area contributed by atoms with Gasteiger partial charge in [0, 0.05) is 25.7 Å². The van der Waals surface area contributed by atoms with Gasteiger partial charge in [-0.25, -0.2) is 0 Å². The lowest BCUT2D eigenvalue weighted by Gasteiger charge is -2.40. The molecule has 2 fully saturated rings. The van der Waals surface area contributed by atoms with Crippen LogP contribution < -0.4 is 0 Å². The molecule has 0 amide bonds. The van der Waals surface area contributed by atoms with Crippen LogP contribution in [0.2, 0.25) is 0 Å². The maximum absolute atomic E-state index is 3.58. The fourth-order valence-corrected chi connectivity index (χ4v) is 12.0. The zero-order valence-corrected chi connectivity index (χ0v) is 32.2. The minimum Gasteiger partial charge on any atom is -0.667 e. The van der Waals surface area contributed by atoms with Gasteiger partial charge >= 0.3 is 13.5 Å². The van der Waals surface area contributed by atoms with E-state index in [1.807, 2.05) is 0 Å². The monoisotopic (exact) mass is 720 g/mol. The molecule has 6 aromatic carbocycles. The van der Waals surface area contributed by atoms with Crippen LogP contribution in [-0.2, 0) is 18.1 Å². The third-order valence-corrected chi connectivity index (χ3v) is 14.7. The van der Waals surface area contributed by atoms with Crippen molar-refractivity contribution in [2.24, 2.45) is 0 Å². The van der Waals surface area contributed by atoms with Crippen molar-refractivity contribution < 1.29 is 8.57 Å². The molecule has 0 unspecified atom stereocenters. The highest BCUT2D eigenvalue weighted by atomic mass is 32.2. The van der Waals surface area contributed by atoms with Crippen molar-refractivity contribution in [2.75, 3.05) is 26.4 Å². The van der Waals surface area contributed by atoms with Crippen molar-refractivity contribution in [1.82, 2.24) is 0 Å².